The van der Waals surface area contributed by atoms with Gasteiger partial charge in [-0.25, -0.2) is 0 Å². The third-order valence-electron chi connectivity index (χ3n) is 4.35. The van der Waals surface area contributed by atoms with E-state index in [1.807, 2.05) is 18.2 Å². The molecule has 0 radical (unpaired) electrons. The van der Waals surface area contributed by atoms with E-state index in [4.69, 9.17) is 11.6 Å². The molecule has 1 aliphatic heterocycles. The second kappa shape index (κ2) is 7.42. The second-order valence-corrected chi connectivity index (χ2v) is 7.56. The highest BCUT2D eigenvalue weighted by molar-refractivity contribution is 9.10. The molecule has 21 heavy (non-hydrogen) atoms. The Bertz CT molecular complexity index is 483. The van der Waals surface area contributed by atoms with E-state index in [0.717, 1.165) is 29.7 Å². The molecular formula is C16H24BrClN2O. The normalized spacial score (nSPS) is 24.7. The number of hydrogen-bond donors (Lipinski definition) is 1. The molecule has 0 saturated carbocycles. The molecule has 0 bridgehead atoms. The molecule has 2 rings (SSSR count). The van der Waals surface area contributed by atoms with Crippen molar-refractivity contribution < 1.29 is 5.11 Å². The van der Waals surface area contributed by atoms with Crippen LogP contribution in [-0.2, 0) is 0 Å². The predicted octanol–water partition coefficient (Wildman–Crippen LogP) is 3.41. The first-order chi connectivity index (χ1) is 9.88. The van der Waals surface area contributed by atoms with Crippen molar-refractivity contribution in [2.45, 2.75) is 25.5 Å². The lowest BCUT2D eigenvalue weighted by atomic mass is 10.1. The maximum atomic E-state index is 10.4. The van der Waals surface area contributed by atoms with Gasteiger partial charge in [0.15, 0.2) is 0 Å². The number of aliphatic hydroxyl groups is 1. The van der Waals surface area contributed by atoms with Gasteiger partial charge in [-0.05, 0) is 44.1 Å². The fourth-order valence-corrected chi connectivity index (χ4v) is 3.93. The summed E-state index contributed by atoms with van der Waals surface area (Å²) in [6.07, 6.45) is 0.216. The molecule has 3 unspecified atom stereocenters. The van der Waals surface area contributed by atoms with Crippen molar-refractivity contribution in [1.82, 2.24) is 9.80 Å². The number of halogens is 2. The molecule has 1 fully saturated rings. The Morgan fingerprint density at radius 1 is 1.43 bits per heavy atom. The third kappa shape index (κ3) is 4.42. The van der Waals surface area contributed by atoms with Crippen LogP contribution in [0.25, 0.3) is 0 Å². The Labute approximate surface area is 141 Å². The largest absolute Gasteiger partial charge is 0.388 e. The second-order valence-electron chi connectivity index (χ2n) is 6.24. The van der Waals surface area contributed by atoms with Gasteiger partial charge in [-0.1, -0.05) is 40.5 Å². The highest BCUT2D eigenvalue weighted by Crippen LogP contribution is 2.29. The van der Waals surface area contributed by atoms with Crippen molar-refractivity contribution in [3.05, 3.63) is 33.3 Å². The van der Waals surface area contributed by atoms with Crippen LogP contribution < -0.4 is 0 Å². The highest BCUT2D eigenvalue weighted by Gasteiger charge is 2.30. The summed E-state index contributed by atoms with van der Waals surface area (Å²) in [5.74, 6) is 0.674. The number of likely N-dealkylation sites (N-methyl/N-ethyl adjacent to an activating group) is 1. The quantitative estimate of drug-likeness (QED) is 0.854. The number of hydrogen-bond acceptors (Lipinski definition) is 3. The van der Waals surface area contributed by atoms with Crippen LogP contribution in [0.3, 0.4) is 0 Å². The van der Waals surface area contributed by atoms with Crippen molar-refractivity contribution in [1.29, 1.82) is 0 Å². The molecule has 1 N–H and O–H groups in total. The summed E-state index contributed by atoms with van der Waals surface area (Å²) in [7, 11) is 4.28. The van der Waals surface area contributed by atoms with Gasteiger partial charge in [-0.2, -0.15) is 0 Å². The van der Waals surface area contributed by atoms with E-state index in [-0.39, 0.29) is 0 Å². The molecular weight excluding hydrogens is 352 g/mol. The van der Waals surface area contributed by atoms with Crippen LogP contribution in [0.4, 0.5) is 0 Å². The van der Waals surface area contributed by atoms with Gasteiger partial charge in [-0.15, -0.1) is 0 Å². The molecule has 0 amide bonds. The Morgan fingerprint density at radius 2 is 2.14 bits per heavy atom. The molecule has 118 valence electrons. The molecule has 5 heteroatoms. The minimum atomic E-state index is -0.501. The summed E-state index contributed by atoms with van der Waals surface area (Å²) in [4.78, 5) is 4.73. The minimum absolute atomic E-state index is 0.501. The third-order valence-corrected chi connectivity index (χ3v) is 5.17. The van der Waals surface area contributed by atoms with Gasteiger partial charge in [0, 0.05) is 35.2 Å². The van der Waals surface area contributed by atoms with Gasteiger partial charge < -0.3 is 14.9 Å². The number of nitrogens with zero attached hydrogens (tertiary/aromatic N) is 2. The van der Waals surface area contributed by atoms with Crippen LogP contribution in [0.2, 0.25) is 5.02 Å². The van der Waals surface area contributed by atoms with Gasteiger partial charge >= 0.3 is 0 Å². The Balaban J connectivity index is 1.88. The number of aliphatic hydroxyl groups excluding tert-OH is 1. The Morgan fingerprint density at radius 3 is 2.71 bits per heavy atom. The Kier molecular flexibility index (Phi) is 6.09. The SMILES string of the molecule is CC1CN(CCC(O)c2ccc(Br)cc2Cl)CC1N(C)C. The minimum Gasteiger partial charge on any atom is -0.388 e. The van der Waals surface area contributed by atoms with E-state index in [0.29, 0.717) is 23.4 Å². The number of likely N-dealkylation sites (tertiary alicyclic amines) is 1. The van der Waals surface area contributed by atoms with E-state index in [2.05, 4.69) is 46.7 Å². The van der Waals surface area contributed by atoms with E-state index < -0.39 is 6.10 Å². The zero-order chi connectivity index (χ0) is 15.6. The average Bonchev–Trinajstić information content (AvgIpc) is 2.77. The van der Waals surface area contributed by atoms with Crippen molar-refractivity contribution >= 4 is 27.5 Å². The first-order valence-corrected chi connectivity index (χ1v) is 8.57. The van der Waals surface area contributed by atoms with Gasteiger partial charge in [0.2, 0.25) is 0 Å². The van der Waals surface area contributed by atoms with Gasteiger partial charge in [-0.3, -0.25) is 0 Å². The van der Waals surface area contributed by atoms with E-state index in [1.54, 1.807) is 0 Å². The Hall–Kier alpha value is -0.130. The first kappa shape index (κ1) is 17.2. The first-order valence-electron chi connectivity index (χ1n) is 7.40. The maximum absolute atomic E-state index is 10.4. The fraction of sp³-hybridized carbons (Fsp3) is 0.625. The summed E-state index contributed by atoms with van der Waals surface area (Å²) in [6.45, 7) is 5.38. The van der Waals surface area contributed by atoms with Crippen LogP contribution in [0.5, 0.6) is 0 Å². The van der Waals surface area contributed by atoms with Crippen LogP contribution in [-0.4, -0.2) is 54.7 Å². The summed E-state index contributed by atoms with van der Waals surface area (Å²) >= 11 is 9.58. The van der Waals surface area contributed by atoms with E-state index in [1.165, 1.54) is 0 Å². The van der Waals surface area contributed by atoms with E-state index in [9.17, 15) is 5.11 Å². The summed E-state index contributed by atoms with van der Waals surface area (Å²) in [5, 5.41) is 11.0. The molecule has 1 aromatic rings. The van der Waals surface area contributed by atoms with Crippen molar-refractivity contribution in [3.63, 3.8) is 0 Å². The molecule has 1 aliphatic rings. The monoisotopic (exact) mass is 374 g/mol. The lowest BCUT2D eigenvalue weighted by molar-refractivity contribution is 0.146. The van der Waals surface area contributed by atoms with Gasteiger partial charge in [0.1, 0.15) is 0 Å². The number of rotatable bonds is 5. The molecule has 1 heterocycles. The average molecular weight is 376 g/mol. The predicted molar refractivity (Wildman–Crippen MR) is 91.8 cm³/mol. The zero-order valence-corrected chi connectivity index (χ0v) is 15.2. The van der Waals surface area contributed by atoms with Crippen molar-refractivity contribution in [2.75, 3.05) is 33.7 Å². The van der Waals surface area contributed by atoms with Crippen molar-refractivity contribution in [3.8, 4) is 0 Å². The van der Waals surface area contributed by atoms with Crippen LogP contribution in [0, 0.1) is 5.92 Å². The van der Waals surface area contributed by atoms with Crippen LogP contribution in [0.1, 0.15) is 25.0 Å². The molecule has 0 aliphatic carbocycles. The lowest BCUT2D eigenvalue weighted by Gasteiger charge is -2.23. The summed E-state index contributed by atoms with van der Waals surface area (Å²) in [6, 6.07) is 6.26. The number of benzene rings is 1. The standard InChI is InChI=1S/C16H24BrClN2O/c1-11-9-20(10-15(11)19(2)3)7-6-16(21)13-5-4-12(17)8-14(13)18/h4-5,8,11,15-16,21H,6-7,9-10H2,1-3H3. The molecule has 1 aromatic carbocycles. The maximum Gasteiger partial charge on any atom is 0.0816 e. The topological polar surface area (TPSA) is 26.7 Å². The van der Waals surface area contributed by atoms with Gasteiger partial charge in [0.05, 0.1) is 6.10 Å². The van der Waals surface area contributed by atoms with Crippen molar-refractivity contribution in [2.24, 2.45) is 5.92 Å². The van der Waals surface area contributed by atoms with Gasteiger partial charge in [0.25, 0.3) is 0 Å². The zero-order valence-electron chi connectivity index (χ0n) is 12.9. The molecule has 1 saturated heterocycles. The molecule has 3 nitrogen and oxygen atoms in total. The van der Waals surface area contributed by atoms with Crippen LogP contribution >= 0.6 is 27.5 Å². The fourth-order valence-electron chi connectivity index (χ4n) is 3.13. The smallest absolute Gasteiger partial charge is 0.0816 e. The summed E-state index contributed by atoms with van der Waals surface area (Å²) in [5.41, 5.74) is 0.816. The van der Waals surface area contributed by atoms with E-state index >= 15 is 0 Å². The molecule has 3 atom stereocenters. The van der Waals surface area contributed by atoms with Crippen LogP contribution in [0.15, 0.2) is 22.7 Å². The molecule has 0 aromatic heterocycles. The lowest BCUT2D eigenvalue weighted by Crippen LogP contribution is -2.34. The summed E-state index contributed by atoms with van der Waals surface area (Å²) < 4.78 is 0.936. The molecule has 0 spiro atoms. The highest BCUT2D eigenvalue weighted by atomic mass is 79.9.